The predicted molar refractivity (Wildman–Crippen MR) is 108 cm³/mol. The van der Waals surface area contributed by atoms with Gasteiger partial charge in [-0.05, 0) is 25.5 Å². The van der Waals surface area contributed by atoms with Crippen molar-refractivity contribution in [2.24, 2.45) is 10.7 Å². The first-order valence-corrected chi connectivity index (χ1v) is 8.48. The van der Waals surface area contributed by atoms with E-state index in [0.717, 1.165) is 45.1 Å². The van der Waals surface area contributed by atoms with Crippen LogP contribution in [0, 0.1) is 0 Å². The van der Waals surface area contributed by atoms with Gasteiger partial charge in [0.25, 0.3) is 5.91 Å². The summed E-state index contributed by atoms with van der Waals surface area (Å²) >= 11 is 0. The fraction of sp³-hybridized carbons (Fsp3) is 0.529. The molecule has 0 bridgehead atoms. The Kier molecular flexibility index (Phi) is 7.30. The highest BCUT2D eigenvalue weighted by Gasteiger charge is 2.29. The lowest BCUT2D eigenvalue weighted by Crippen LogP contribution is -2.42. The molecule has 0 saturated carbocycles. The van der Waals surface area contributed by atoms with E-state index in [-0.39, 0.29) is 29.7 Å². The van der Waals surface area contributed by atoms with Crippen LogP contribution in [-0.4, -0.2) is 60.4 Å². The third kappa shape index (κ3) is 4.97. The maximum atomic E-state index is 11.1. The molecule has 1 unspecified atom stereocenters. The molecule has 1 saturated heterocycles. The largest absolute Gasteiger partial charge is 0.454 e. The summed E-state index contributed by atoms with van der Waals surface area (Å²) in [5, 5.41) is 3.34. The maximum absolute atomic E-state index is 11.1. The lowest BCUT2D eigenvalue weighted by Gasteiger charge is -2.25. The molecule has 3 rings (SSSR count). The first-order valence-electron chi connectivity index (χ1n) is 8.48. The van der Waals surface area contributed by atoms with Gasteiger partial charge in [-0.2, -0.15) is 0 Å². The Bertz CT molecular complexity index is 635. The van der Waals surface area contributed by atoms with Crippen LogP contribution in [0.15, 0.2) is 33.7 Å². The molecule has 0 aromatic carbocycles. The third-order valence-corrected chi connectivity index (χ3v) is 4.45. The van der Waals surface area contributed by atoms with Gasteiger partial charge in [0.15, 0.2) is 11.7 Å². The van der Waals surface area contributed by atoms with Gasteiger partial charge >= 0.3 is 0 Å². The number of likely N-dealkylation sites (tertiary alicyclic amines) is 1. The molecule has 7 nitrogen and oxygen atoms in total. The van der Waals surface area contributed by atoms with Crippen LogP contribution in [0.25, 0.3) is 0 Å². The van der Waals surface area contributed by atoms with Crippen LogP contribution >= 0.6 is 24.0 Å². The van der Waals surface area contributed by atoms with Crippen molar-refractivity contribution in [1.82, 2.24) is 15.1 Å². The number of nitrogens with zero attached hydrogens (tertiary/aromatic N) is 3. The Hall–Kier alpha value is -1.55. The van der Waals surface area contributed by atoms with Crippen molar-refractivity contribution in [1.29, 1.82) is 0 Å². The summed E-state index contributed by atoms with van der Waals surface area (Å²) < 4.78 is 5.39. The average molecular weight is 459 g/mol. The molecule has 0 spiro atoms. The minimum atomic E-state index is -0.557. The van der Waals surface area contributed by atoms with Crippen molar-refractivity contribution >= 4 is 35.8 Å². The summed E-state index contributed by atoms with van der Waals surface area (Å²) in [5.74, 6) is 1.15. The van der Waals surface area contributed by atoms with Gasteiger partial charge in [-0.15, -0.1) is 24.0 Å². The van der Waals surface area contributed by atoms with Gasteiger partial charge < -0.3 is 20.4 Å². The summed E-state index contributed by atoms with van der Waals surface area (Å²) in [6.45, 7) is 7.35. The highest BCUT2D eigenvalue weighted by atomic mass is 127. The van der Waals surface area contributed by atoms with E-state index in [2.05, 4.69) is 39.2 Å². The lowest BCUT2D eigenvalue weighted by atomic mass is 10.2. The van der Waals surface area contributed by atoms with E-state index < -0.39 is 5.91 Å². The molecule has 3 N–H and O–H groups in total. The van der Waals surface area contributed by atoms with E-state index in [1.165, 1.54) is 0 Å². The van der Waals surface area contributed by atoms with Gasteiger partial charge in [-0.3, -0.25) is 9.69 Å². The van der Waals surface area contributed by atoms with E-state index in [9.17, 15) is 4.79 Å². The second-order valence-electron chi connectivity index (χ2n) is 6.11. The second kappa shape index (κ2) is 9.23. The van der Waals surface area contributed by atoms with Crippen LogP contribution in [0.2, 0.25) is 0 Å². The molecule has 3 heterocycles. The molecule has 1 atom stereocenters. The zero-order valence-corrected chi connectivity index (χ0v) is 16.8. The number of aliphatic imine (C=N–C) groups is 1. The Balaban J connectivity index is 0.00000225. The molecular weight excluding hydrogens is 433 g/mol. The fourth-order valence-corrected chi connectivity index (χ4v) is 3.20. The van der Waals surface area contributed by atoms with Crippen LogP contribution in [0.5, 0.6) is 0 Å². The summed E-state index contributed by atoms with van der Waals surface area (Å²) in [7, 11) is 0. The Morgan fingerprint density at radius 3 is 2.80 bits per heavy atom. The molecule has 8 heteroatoms. The first kappa shape index (κ1) is 19.8. The number of nitrogens with two attached hydrogens (primary N) is 1. The first-order chi connectivity index (χ1) is 11.7. The second-order valence-corrected chi connectivity index (χ2v) is 6.11. The molecule has 1 aromatic rings. The minimum absolute atomic E-state index is 0. The van der Waals surface area contributed by atoms with Crippen LogP contribution in [0.1, 0.15) is 29.7 Å². The quantitative estimate of drug-likeness (QED) is 0.301. The van der Waals surface area contributed by atoms with Gasteiger partial charge in [0.2, 0.25) is 0 Å². The minimum Gasteiger partial charge on any atom is -0.454 e. The van der Waals surface area contributed by atoms with E-state index in [1.54, 1.807) is 12.1 Å². The third-order valence-electron chi connectivity index (χ3n) is 4.45. The monoisotopic (exact) mass is 459 g/mol. The van der Waals surface area contributed by atoms with Gasteiger partial charge in [-0.25, -0.2) is 4.99 Å². The summed E-state index contributed by atoms with van der Waals surface area (Å²) in [6, 6.07) is 3.91. The molecule has 0 radical (unpaired) electrons. The number of nitrogens with one attached hydrogen (secondary N) is 1. The van der Waals surface area contributed by atoms with E-state index in [1.807, 2.05) is 0 Å². The number of guanidine groups is 1. The van der Waals surface area contributed by atoms with Crippen molar-refractivity contribution < 1.29 is 9.21 Å². The number of amides is 1. The van der Waals surface area contributed by atoms with Crippen molar-refractivity contribution in [3.8, 4) is 0 Å². The molecule has 138 valence electrons. The predicted octanol–water partition coefficient (Wildman–Crippen LogP) is 1.41. The zero-order chi connectivity index (χ0) is 16.9. The van der Waals surface area contributed by atoms with Crippen LogP contribution < -0.4 is 11.1 Å². The van der Waals surface area contributed by atoms with Crippen LogP contribution in [0.4, 0.5) is 0 Å². The standard InChI is InChI=1S/C17H25N5O2.HI/c1-2-19-17(20-11-14-5-6-15(24-14)16(18)23)22-10-7-13(12-22)21-8-3-4-9-21;/h3-6,13H,2,7-12H2,1H3,(H2,18,23)(H,19,20);1H. The smallest absolute Gasteiger partial charge is 0.284 e. The fourth-order valence-electron chi connectivity index (χ4n) is 3.20. The normalized spacial score (nSPS) is 20.8. The molecule has 0 aliphatic carbocycles. The SMILES string of the molecule is CCNC(=NCc1ccc(C(N)=O)o1)N1CCC(N2CC=CC2)C1.I. The number of primary amides is 1. The number of carbonyl (C=O) groups excluding carboxylic acids is 1. The van der Waals surface area contributed by atoms with Gasteiger partial charge in [-0.1, -0.05) is 12.2 Å². The number of carbonyl (C=O) groups is 1. The zero-order valence-electron chi connectivity index (χ0n) is 14.5. The number of halogens is 1. The van der Waals surface area contributed by atoms with Gasteiger partial charge in [0.05, 0.1) is 0 Å². The molecule has 2 aliphatic rings. The van der Waals surface area contributed by atoms with Gasteiger partial charge in [0, 0.05) is 38.8 Å². The van der Waals surface area contributed by atoms with E-state index >= 15 is 0 Å². The Morgan fingerprint density at radius 1 is 1.40 bits per heavy atom. The Morgan fingerprint density at radius 2 is 2.16 bits per heavy atom. The summed E-state index contributed by atoms with van der Waals surface area (Å²) in [5.41, 5.74) is 5.21. The number of hydrogen-bond donors (Lipinski definition) is 2. The maximum Gasteiger partial charge on any atom is 0.284 e. The Labute approximate surface area is 165 Å². The number of rotatable bonds is 5. The van der Waals surface area contributed by atoms with Crippen molar-refractivity contribution in [3.63, 3.8) is 0 Å². The molecule has 1 amide bonds. The van der Waals surface area contributed by atoms with Gasteiger partial charge in [0.1, 0.15) is 12.3 Å². The van der Waals surface area contributed by atoms with E-state index in [4.69, 9.17) is 10.2 Å². The molecule has 2 aliphatic heterocycles. The van der Waals surface area contributed by atoms with Crippen molar-refractivity contribution in [3.05, 3.63) is 35.8 Å². The molecule has 1 aromatic heterocycles. The van der Waals surface area contributed by atoms with Crippen molar-refractivity contribution in [2.45, 2.75) is 25.9 Å². The highest BCUT2D eigenvalue weighted by Crippen LogP contribution is 2.18. The van der Waals surface area contributed by atoms with E-state index in [0.29, 0.717) is 18.3 Å². The molecular formula is C17H26IN5O2. The topological polar surface area (TPSA) is 87.1 Å². The molecule has 25 heavy (non-hydrogen) atoms. The summed E-state index contributed by atoms with van der Waals surface area (Å²) in [6.07, 6.45) is 5.61. The van der Waals surface area contributed by atoms with Crippen LogP contribution in [-0.2, 0) is 6.54 Å². The number of hydrogen-bond acceptors (Lipinski definition) is 4. The van der Waals surface area contributed by atoms with Crippen LogP contribution in [0.3, 0.4) is 0 Å². The van der Waals surface area contributed by atoms with Crippen molar-refractivity contribution in [2.75, 3.05) is 32.7 Å². The molecule has 1 fully saturated rings. The highest BCUT2D eigenvalue weighted by molar-refractivity contribution is 14.0. The lowest BCUT2D eigenvalue weighted by molar-refractivity contribution is 0.0972. The summed E-state index contributed by atoms with van der Waals surface area (Å²) in [4.78, 5) is 20.5. The average Bonchev–Trinajstić information content (AvgIpc) is 3.32. The number of furan rings is 1.